The molecule has 0 atom stereocenters. The van der Waals surface area contributed by atoms with Gasteiger partial charge in [-0.25, -0.2) is 0 Å². The van der Waals surface area contributed by atoms with Crippen LogP contribution in [-0.4, -0.2) is 30.4 Å². The molecule has 1 aliphatic heterocycles. The molecular weight excluding hydrogens is 499 g/mol. The zero-order chi connectivity index (χ0) is 19.6. The van der Waals surface area contributed by atoms with Gasteiger partial charge < -0.3 is 28.9 Å². The van der Waals surface area contributed by atoms with Crippen LogP contribution in [0.4, 0.5) is 10.7 Å². The Hall–Kier alpha value is -0.850. The maximum Gasteiger partial charge on any atom is 0.209 e. The summed E-state index contributed by atoms with van der Waals surface area (Å²) in [6, 6.07) is 10.7. The number of fused-ring (bicyclic) bond motifs is 1. The first kappa shape index (κ1) is 23.4. The molecule has 0 aliphatic carbocycles. The van der Waals surface area contributed by atoms with Crippen molar-refractivity contribution in [3.05, 3.63) is 51.9 Å². The number of rotatable bonds is 7. The third kappa shape index (κ3) is 4.65. The number of allylic oxidation sites excluding steroid dienone is 1. The highest BCUT2D eigenvalue weighted by Crippen LogP contribution is 2.41. The van der Waals surface area contributed by atoms with Crippen molar-refractivity contribution >= 4 is 45.4 Å². The molecule has 0 saturated heterocycles. The summed E-state index contributed by atoms with van der Waals surface area (Å²) in [5.74, 6) is 0. The molecule has 0 radical (unpaired) electrons. The van der Waals surface area contributed by atoms with E-state index < -0.39 is 0 Å². The number of anilines is 1. The van der Waals surface area contributed by atoms with E-state index in [0.717, 1.165) is 18.1 Å². The van der Waals surface area contributed by atoms with Crippen molar-refractivity contribution < 1.29 is 28.6 Å². The Labute approximate surface area is 195 Å². The van der Waals surface area contributed by atoms with E-state index in [2.05, 4.69) is 80.6 Å². The third-order valence-corrected chi connectivity index (χ3v) is 6.66. The van der Waals surface area contributed by atoms with E-state index in [9.17, 15) is 0 Å². The van der Waals surface area contributed by atoms with Gasteiger partial charge in [-0.05, 0) is 57.0 Å². The van der Waals surface area contributed by atoms with Crippen molar-refractivity contribution in [1.29, 1.82) is 0 Å². The maximum absolute atomic E-state index is 6.25. The van der Waals surface area contributed by atoms with Gasteiger partial charge >= 0.3 is 0 Å². The molecule has 28 heavy (non-hydrogen) atoms. The second kappa shape index (κ2) is 9.77. The molecule has 5 heteroatoms. The standard InChI is InChI=1S/C23H30ClN2S.HI/c1-6-14-26(15-7-2)22-13-10-18(27-22)9-12-21-23(3,4)19-16-17(24)8-11-20(19)25(21)5;/h8-13,16H,6-7,14-15H2,1-5H3;1H/q+1;/p-1. The molecule has 2 heterocycles. The number of thiophene rings is 1. The van der Waals surface area contributed by atoms with Gasteiger partial charge in [-0.1, -0.05) is 25.4 Å². The highest BCUT2D eigenvalue weighted by molar-refractivity contribution is 7.16. The smallest absolute Gasteiger partial charge is 0.209 e. The van der Waals surface area contributed by atoms with Gasteiger partial charge in [0.15, 0.2) is 5.71 Å². The van der Waals surface area contributed by atoms with Crippen LogP contribution in [-0.2, 0) is 5.41 Å². The molecule has 1 aromatic heterocycles. The molecule has 152 valence electrons. The number of benzene rings is 1. The van der Waals surface area contributed by atoms with Gasteiger partial charge in [0.1, 0.15) is 7.05 Å². The van der Waals surface area contributed by atoms with Gasteiger partial charge in [0, 0.05) is 40.7 Å². The topological polar surface area (TPSA) is 6.25 Å². The Morgan fingerprint density at radius 2 is 1.75 bits per heavy atom. The highest BCUT2D eigenvalue weighted by atomic mass is 127. The van der Waals surface area contributed by atoms with Crippen molar-refractivity contribution in [2.75, 3.05) is 25.0 Å². The lowest BCUT2D eigenvalue weighted by molar-refractivity contribution is -0.401. The van der Waals surface area contributed by atoms with E-state index >= 15 is 0 Å². The minimum atomic E-state index is -0.0535. The summed E-state index contributed by atoms with van der Waals surface area (Å²) in [6.45, 7) is 11.3. The fourth-order valence-electron chi connectivity index (χ4n) is 3.94. The molecule has 0 saturated carbocycles. The van der Waals surface area contributed by atoms with Crippen molar-refractivity contribution in [3.63, 3.8) is 0 Å². The first-order valence-electron chi connectivity index (χ1n) is 9.82. The van der Waals surface area contributed by atoms with E-state index in [-0.39, 0.29) is 29.4 Å². The Morgan fingerprint density at radius 1 is 1.07 bits per heavy atom. The highest BCUT2D eigenvalue weighted by Gasteiger charge is 2.42. The van der Waals surface area contributed by atoms with Crippen LogP contribution in [0, 0.1) is 0 Å². The van der Waals surface area contributed by atoms with Crippen LogP contribution in [0.25, 0.3) is 6.08 Å². The number of halogens is 2. The molecule has 0 amide bonds. The second-order valence-electron chi connectivity index (χ2n) is 7.73. The average Bonchev–Trinajstić information content (AvgIpc) is 3.16. The Balaban J connectivity index is 0.00000280. The lowest BCUT2D eigenvalue weighted by atomic mass is 9.81. The summed E-state index contributed by atoms with van der Waals surface area (Å²) >= 11 is 8.13. The molecule has 2 aromatic rings. The summed E-state index contributed by atoms with van der Waals surface area (Å²) in [5.41, 5.74) is 3.78. The zero-order valence-electron chi connectivity index (χ0n) is 17.4. The van der Waals surface area contributed by atoms with Crippen LogP contribution >= 0.6 is 22.9 Å². The second-order valence-corrected chi connectivity index (χ2v) is 9.26. The van der Waals surface area contributed by atoms with Gasteiger partial charge in [0.05, 0.1) is 10.4 Å². The molecule has 0 fully saturated rings. The van der Waals surface area contributed by atoms with E-state index in [1.807, 2.05) is 17.4 Å². The quantitative estimate of drug-likeness (QED) is 0.392. The van der Waals surface area contributed by atoms with Crippen LogP contribution in [0.5, 0.6) is 0 Å². The van der Waals surface area contributed by atoms with E-state index in [0.29, 0.717) is 0 Å². The molecule has 3 rings (SSSR count). The molecule has 0 spiro atoms. The first-order chi connectivity index (χ1) is 12.9. The molecule has 2 nitrogen and oxygen atoms in total. The molecule has 0 N–H and O–H groups in total. The number of nitrogens with zero attached hydrogens (tertiary/aromatic N) is 2. The Kier molecular flexibility index (Phi) is 8.17. The molecule has 0 bridgehead atoms. The van der Waals surface area contributed by atoms with Crippen LogP contribution in [0.1, 0.15) is 51.0 Å². The lowest BCUT2D eigenvalue weighted by Gasteiger charge is -2.21. The Morgan fingerprint density at radius 3 is 2.39 bits per heavy atom. The largest absolute Gasteiger partial charge is 1.00 e. The van der Waals surface area contributed by atoms with Gasteiger partial charge in [-0.3, -0.25) is 0 Å². The summed E-state index contributed by atoms with van der Waals surface area (Å²) in [4.78, 5) is 3.80. The minimum absolute atomic E-state index is 0. The predicted octanol–water partition coefficient (Wildman–Crippen LogP) is 3.75. The van der Waals surface area contributed by atoms with Gasteiger partial charge in [-0.2, -0.15) is 4.58 Å². The zero-order valence-corrected chi connectivity index (χ0v) is 21.2. The van der Waals surface area contributed by atoms with Gasteiger partial charge in [0.25, 0.3) is 0 Å². The van der Waals surface area contributed by atoms with Crippen LogP contribution in [0.2, 0.25) is 5.02 Å². The molecule has 1 aromatic carbocycles. The normalized spacial score (nSPS) is 15.1. The van der Waals surface area contributed by atoms with Crippen molar-refractivity contribution in [2.45, 2.75) is 46.0 Å². The minimum Gasteiger partial charge on any atom is -1.00 e. The maximum atomic E-state index is 6.25. The van der Waals surface area contributed by atoms with Gasteiger partial charge in [-0.15, -0.1) is 11.3 Å². The van der Waals surface area contributed by atoms with Crippen LogP contribution < -0.4 is 28.9 Å². The first-order valence-corrected chi connectivity index (χ1v) is 11.0. The van der Waals surface area contributed by atoms with Crippen molar-refractivity contribution in [1.82, 2.24) is 0 Å². The predicted molar refractivity (Wildman–Crippen MR) is 121 cm³/mol. The third-order valence-electron chi connectivity index (χ3n) is 5.31. The molecule has 0 unspecified atom stereocenters. The number of hydrogen-bond acceptors (Lipinski definition) is 2. The lowest BCUT2D eigenvalue weighted by Crippen LogP contribution is -3.00. The Bertz CT molecular complexity index is 876. The van der Waals surface area contributed by atoms with Crippen molar-refractivity contribution in [3.8, 4) is 0 Å². The van der Waals surface area contributed by atoms with Crippen molar-refractivity contribution in [2.24, 2.45) is 0 Å². The fraction of sp³-hybridized carbons (Fsp3) is 0.435. The van der Waals surface area contributed by atoms with Crippen LogP contribution in [0.15, 0.2) is 36.4 Å². The summed E-state index contributed by atoms with van der Waals surface area (Å²) in [7, 11) is 2.14. The SMILES string of the molecule is CCCN(CCC)c1ccc(C=CC2=[N+](C)c3ccc(Cl)cc3C2(C)C)s1.[I-]. The van der Waals surface area contributed by atoms with E-state index in [4.69, 9.17) is 11.6 Å². The summed E-state index contributed by atoms with van der Waals surface area (Å²) in [6.07, 6.45) is 6.89. The number of hydrogen-bond donors (Lipinski definition) is 0. The average molecular weight is 529 g/mol. The van der Waals surface area contributed by atoms with E-state index in [1.165, 1.54) is 39.7 Å². The molecule has 1 aliphatic rings. The van der Waals surface area contributed by atoms with Crippen LogP contribution in [0.3, 0.4) is 0 Å². The van der Waals surface area contributed by atoms with Gasteiger partial charge in [0.2, 0.25) is 5.69 Å². The monoisotopic (exact) mass is 528 g/mol. The van der Waals surface area contributed by atoms with E-state index in [1.54, 1.807) is 0 Å². The summed E-state index contributed by atoms with van der Waals surface area (Å²) < 4.78 is 2.29. The fourth-order valence-corrected chi connectivity index (χ4v) is 5.08. The summed E-state index contributed by atoms with van der Waals surface area (Å²) in [5, 5.41) is 2.17. The molecular formula is C23H30ClIN2S.